The van der Waals surface area contributed by atoms with E-state index in [0.29, 0.717) is 11.3 Å². The highest BCUT2D eigenvalue weighted by molar-refractivity contribution is 7.99. The van der Waals surface area contributed by atoms with E-state index in [4.69, 9.17) is 0 Å². The molecular weight excluding hydrogens is 258 g/mol. The van der Waals surface area contributed by atoms with Crippen molar-refractivity contribution in [3.05, 3.63) is 35.4 Å². The van der Waals surface area contributed by atoms with E-state index < -0.39 is 0 Å². The van der Waals surface area contributed by atoms with E-state index in [-0.39, 0.29) is 0 Å². The predicted molar refractivity (Wildman–Crippen MR) is 75.0 cm³/mol. The minimum atomic E-state index is 0.378. The van der Waals surface area contributed by atoms with Gasteiger partial charge in [-0.3, -0.25) is 0 Å². The molecule has 0 fully saturated rings. The molecule has 0 aliphatic heterocycles. The van der Waals surface area contributed by atoms with Crippen molar-refractivity contribution < 1.29 is 0 Å². The number of hydrogen-bond donors (Lipinski definition) is 1. The number of aromatic nitrogens is 4. The first-order valence-corrected chi connectivity index (χ1v) is 7.37. The summed E-state index contributed by atoms with van der Waals surface area (Å²) in [6.07, 6.45) is 1.06. The Balaban J connectivity index is 1.85. The Morgan fingerprint density at radius 2 is 2.26 bits per heavy atom. The molecule has 0 spiro atoms. The van der Waals surface area contributed by atoms with Crippen LogP contribution in [0.4, 0.5) is 0 Å². The zero-order chi connectivity index (χ0) is 13.2. The second kappa shape index (κ2) is 5.30. The maximum atomic E-state index is 4.07. The summed E-state index contributed by atoms with van der Waals surface area (Å²) >= 11 is 1.75. The van der Waals surface area contributed by atoms with Gasteiger partial charge in [0.1, 0.15) is 0 Å². The second-order valence-corrected chi connectivity index (χ2v) is 5.89. The zero-order valence-corrected chi connectivity index (χ0v) is 11.9. The van der Waals surface area contributed by atoms with Gasteiger partial charge >= 0.3 is 0 Å². The lowest BCUT2D eigenvalue weighted by Gasteiger charge is -2.20. The molecule has 0 bridgehead atoms. The summed E-state index contributed by atoms with van der Waals surface area (Å²) in [7, 11) is 1.88. The van der Waals surface area contributed by atoms with Crippen molar-refractivity contribution in [1.29, 1.82) is 0 Å². The number of nitrogens with one attached hydrogen (secondary N) is 1. The number of fused-ring (bicyclic) bond motifs is 1. The van der Waals surface area contributed by atoms with Crippen LogP contribution in [0.1, 0.15) is 24.1 Å². The first-order chi connectivity index (χ1) is 9.29. The minimum Gasteiger partial charge on any atom is -0.309 e. The Kier molecular flexibility index (Phi) is 3.52. The van der Waals surface area contributed by atoms with Crippen molar-refractivity contribution >= 4 is 11.8 Å². The maximum absolute atomic E-state index is 4.07. The van der Waals surface area contributed by atoms with E-state index in [1.54, 1.807) is 16.4 Å². The molecule has 100 valence electrons. The average Bonchev–Trinajstić information content (AvgIpc) is 2.96. The molecule has 0 saturated carbocycles. The van der Waals surface area contributed by atoms with Crippen LogP contribution in [0.25, 0.3) is 0 Å². The van der Waals surface area contributed by atoms with Crippen LogP contribution in [0.2, 0.25) is 0 Å². The number of aryl methyl sites for hydroxylation is 1. The Labute approximate surface area is 116 Å². The monoisotopic (exact) mass is 275 g/mol. The van der Waals surface area contributed by atoms with Crippen LogP contribution in [-0.4, -0.2) is 32.0 Å². The van der Waals surface area contributed by atoms with Gasteiger partial charge in [0.15, 0.2) is 0 Å². The molecule has 0 amide bonds. The lowest BCUT2D eigenvalue weighted by atomic mass is 10.1. The van der Waals surface area contributed by atoms with Gasteiger partial charge in [-0.2, -0.15) is 0 Å². The van der Waals surface area contributed by atoms with Crippen LogP contribution in [0.3, 0.4) is 0 Å². The fourth-order valence-electron chi connectivity index (χ4n) is 2.59. The number of benzene rings is 1. The first-order valence-electron chi connectivity index (χ1n) is 6.49. The van der Waals surface area contributed by atoms with Crippen LogP contribution < -0.4 is 5.32 Å². The number of nitrogens with zero attached hydrogens (tertiary/aromatic N) is 4. The van der Waals surface area contributed by atoms with Gasteiger partial charge in [0.05, 0.1) is 0 Å². The van der Waals surface area contributed by atoms with Crippen molar-refractivity contribution in [3.8, 4) is 0 Å². The van der Waals surface area contributed by atoms with Gasteiger partial charge in [-0.05, 0) is 34.5 Å². The topological polar surface area (TPSA) is 55.6 Å². The molecule has 1 aromatic carbocycles. The summed E-state index contributed by atoms with van der Waals surface area (Å²) in [4.78, 5) is 0. The fourth-order valence-corrected chi connectivity index (χ4v) is 3.77. The molecular formula is C13H17N5S. The molecule has 2 unspecified atom stereocenters. The summed E-state index contributed by atoms with van der Waals surface area (Å²) in [5.41, 5.74) is 2.85. The average molecular weight is 275 g/mol. The van der Waals surface area contributed by atoms with Crippen LogP contribution in [0, 0.1) is 0 Å². The van der Waals surface area contributed by atoms with E-state index in [1.807, 2.05) is 7.05 Å². The van der Waals surface area contributed by atoms with Gasteiger partial charge in [0, 0.05) is 18.3 Å². The van der Waals surface area contributed by atoms with E-state index >= 15 is 0 Å². The van der Waals surface area contributed by atoms with Crippen molar-refractivity contribution in [2.75, 3.05) is 6.54 Å². The van der Waals surface area contributed by atoms with Gasteiger partial charge in [-0.15, -0.1) is 5.10 Å². The molecule has 1 aromatic heterocycles. The Bertz CT molecular complexity index is 568. The number of hydrogen-bond acceptors (Lipinski definition) is 5. The summed E-state index contributed by atoms with van der Waals surface area (Å²) in [6, 6.07) is 9.04. The minimum absolute atomic E-state index is 0.378. The summed E-state index contributed by atoms with van der Waals surface area (Å²) in [5.74, 6) is 0. The van der Waals surface area contributed by atoms with Gasteiger partial charge in [-0.1, -0.05) is 43.0 Å². The summed E-state index contributed by atoms with van der Waals surface area (Å²) < 4.78 is 1.73. The van der Waals surface area contributed by atoms with E-state index in [1.165, 1.54) is 11.1 Å². The quantitative estimate of drug-likeness (QED) is 0.918. The molecule has 5 nitrogen and oxygen atoms in total. The highest BCUT2D eigenvalue weighted by atomic mass is 32.2. The van der Waals surface area contributed by atoms with E-state index in [2.05, 4.69) is 52.0 Å². The van der Waals surface area contributed by atoms with Crippen molar-refractivity contribution in [2.24, 2.45) is 7.05 Å². The number of tetrazole rings is 1. The highest BCUT2D eigenvalue weighted by Gasteiger charge is 2.33. The third-order valence-corrected chi connectivity index (χ3v) is 4.74. The third kappa shape index (κ3) is 2.37. The molecule has 1 aliphatic rings. The molecule has 1 aliphatic carbocycles. The third-order valence-electron chi connectivity index (χ3n) is 3.45. The molecule has 0 saturated heterocycles. The SMILES string of the molecule is CCNC1c2ccccc2CC1Sc1nnnn1C. The molecule has 6 heteroatoms. The molecule has 2 aromatic rings. The zero-order valence-electron chi connectivity index (χ0n) is 11.1. The lowest BCUT2D eigenvalue weighted by Crippen LogP contribution is -2.27. The molecule has 3 rings (SSSR count). The fraction of sp³-hybridized carbons (Fsp3) is 0.462. The first kappa shape index (κ1) is 12.6. The summed E-state index contributed by atoms with van der Waals surface area (Å²) in [5, 5.41) is 16.6. The molecule has 2 atom stereocenters. The molecule has 19 heavy (non-hydrogen) atoms. The van der Waals surface area contributed by atoms with Gasteiger partial charge in [0.2, 0.25) is 5.16 Å². The predicted octanol–water partition coefficient (Wildman–Crippen LogP) is 1.58. The van der Waals surface area contributed by atoms with Crippen molar-refractivity contribution in [3.63, 3.8) is 0 Å². The second-order valence-electron chi connectivity index (χ2n) is 4.68. The molecule has 0 radical (unpaired) electrons. The Morgan fingerprint density at radius 3 is 3.00 bits per heavy atom. The van der Waals surface area contributed by atoms with Gasteiger partial charge in [0.25, 0.3) is 0 Å². The van der Waals surface area contributed by atoms with Gasteiger partial charge in [-0.25, -0.2) is 4.68 Å². The maximum Gasteiger partial charge on any atom is 0.209 e. The van der Waals surface area contributed by atoms with Crippen molar-refractivity contribution in [1.82, 2.24) is 25.5 Å². The summed E-state index contributed by atoms with van der Waals surface area (Å²) in [6.45, 7) is 3.11. The largest absolute Gasteiger partial charge is 0.309 e. The Hall–Kier alpha value is -1.40. The van der Waals surface area contributed by atoms with E-state index in [9.17, 15) is 0 Å². The standard InChI is InChI=1S/C13H17N5S/c1-3-14-12-10-7-5-4-6-9(10)8-11(12)19-13-15-16-17-18(13)2/h4-7,11-12,14H,3,8H2,1-2H3. The van der Waals surface area contributed by atoms with Crippen LogP contribution >= 0.6 is 11.8 Å². The van der Waals surface area contributed by atoms with Gasteiger partial charge < -0.3 is 5.32 Å². The van der Waals surface area contributed by atoms with E-state index in [0.717, 1.165) is 18.1 Å². The molecule has 1 heterocycles. The highest BCUT2D eigenvalue weighted by Crippen LogP contribution is 2.40. The lowest BCUT2D eigenvalue weighted by molar-refractivity contribution is 0.557. The van der Waals surface area contributed by atoms with Crippen LogP contribution in [0.15, 0.2) is 29.4 Å². The number of rotatable bonds is 4. The van der Waals surface area contributed by atoms with Crippen LogP contribution in [0.5, 0.6) is 0 Å². The molecule has 1 N–H and O–H groups in total. The van der Waals surface area contributed by atoms with Crippen molar-refractivity contribution in [2.45, 2.75) is 29.8 Å². The number of thioether (sulfide) groups is 1. The Morgan fingerprint density at radius 1 is 1.42 bits per heavy atom. The smallest absolute Gasteiger partial charge is 0.209 e. The van der Waals surface area contributed by atoms with Crippen LogP contribution in [-0.2, 0) is 13.5 Å². The normalized spacial score (nSPS) is 21.6.